The van der Waals surface area contributed by atoms with Gasteiger partial charge in [-0.25, -0.2) is 4.39 Å². The molecular weight excluding hydrogens is 321 g/mol. The van der Waals surface area contributed by atoms with Crippen LogP contribution in [0, 0.1) is 5.82 Å². The predicted molar refractivity (Wildman–Crippen MR) is 93.3 cm³/mol. The molecule has 1 saturated heterocycles. The Kier molecular flexibility index (Phi) is 4.13. The lowest BCUT2D eigenvalue weighted by Gasteiger charge is -2.26. The first-order valence-corrected chi connectivity index (χ1v) is 8.53. The second kappa shape index (κ2) is 6.44. The van der Waals surface area contributed by atoms with Crippen LogP contribution in [0.1, 0.15) is 18.4 Å². The Bertz CT molecular complexity index is 818. The van der Waals surface area contributed by atoms with E-state index in [0.29, 0.717) is 35.4 Å². The first-order chi connectivity index (χ1) is 12.1. The zero-order chi connectivity index (χ0) is 17.4. The number of ether oxygens (including phenoxy) is 1. The van der Waals surface area contributed by atoms with E-state index < -0.39 is 0 Å². The lowest BCUT2D eigenvalue weighted by Crippen LogP contribution is -2.31. The van der Waals surface area contributed by atoms with Gasteiger partial charge in [-0.3, -0.25) is 9.78 Å². The minimum atomic E-state index is -0.359. The van der Waals surface area contributed by atoms with Gasteiger partial charge >= 0.3 is 0 Å². The molecule has 1 aromatic carbocycles. The number of benzene rings is 1. The standard InChI is InChI=1S/C19H20FN3O2/c1-23-18-8-17(20)16(7-12(18)2-3-19(23)24)13-6-15(11-22-9-13)25-14-4-5-21-10-14/h6-9,11,14,21H,2-5,10H2,1H3. The first-order valence-electron chi connectivity index (χ1n) is 8.53. The fourth-order valence-corrected chi connectivity index (χ4v) is 3.44. The van der Waals surface area contributed by atoms with Crippen LogP contribution < -0.4 is 15.0 Å². The number of hydrogen-bond acceptors (Lipinski definition) is 4. The molecule has 0 radical (unpaired) electrons. The molecule has 1 fully saturated rings. The van der Waals surface area contributed by atoms with Gasteiger partial charge in [0, 0.05) is 43.0 Å². The molecule has 1 amide bonds. The highest BCUT2D eigenvalue weighted by Gasteiger charge is 2.23. The summed E-state index contributed by atoms with van der Waals surface area (Å²) < 4.78 is 20.6. The van der Waals surface area contributed by atoms with Crippen LogP contribution in [-0.4, -0.2) is 37.1 Å². The monoisotopic (exact) mass is 341 g/mol. The van der Waals surface area contributed by atoms with Crippen LogP contribution in [0.15, 0.2) is 30.6 Å². The van der Waals surface area contributed by atoms with Crippen molar-refractivity contribution in [3.8, 4) is 16.9 Å². The molecule has 4 rings (SSSR count). The molecule has 3 heterocycles. The van der Waals surface area contributed by atoms with Crippen molar-refractivity contribution in [1.82, 2.24) is 10.3 Å². The van der Waals surface area contributed by atoms with Gasteiger partial charge in [0.05, 0.1) is 6.20 Å². The number of amides is 1. The van der Waals surface area contributed by atoms with Crippen molar-refractivity contribution in [2.24, 2.45) is 0 Å². The number of aryl methyl sites for hydroxylation is 1. The third-order valence-electron chi connectivity index (χ3n) is 4.85. The van der Waals surface area contributed by atoms with Crippen molar-refractivity contribution in [3.63, 3.8) is 0 Å². The molecular formula is C19H20FN3O2. The number of anilines is 1. The van der Waals surface area contributed by atoms with Gasteiger partial charge in [-0.1, -0.05) is 0 Å². The maximum atomic E-state index is 14.7. The molecule has 25 heavy (non-hydrogen) atoms. The molecule has 1 N–H and O–H groups in total. The number of hydrogen-bond donors (Lipinski definition) is 1. The Balaban J connectivity index is 1.66. The maximum absolute atomic E-state index is 14.7. The van der Waals surface area contributed by atoms with E-state index in [2.05, 4.69) is 10.3 Å². The minimum absolute atomic E-state index is 0.0156. The molecule has 5 nitrogen and oxygen atoms in total. The molecule has 2 aromatic rings. The largest absolute Gasteiger partial charge is 0.487 e. The Labute approximate surface area is 145 Å². The highest BCUT2D eigenvalue weighted by Crippen LogP contribution is 2.34. The van der Waals surface area contributed by atoms with Gasteiger partial charge in [-0.05, 0) is 43.1 Å². The third kappa shape index (κ3) is 3.09. The zero-order valence-electron chi connectivity index (χ0n) is 14.1. The fourth-order valence-electron chi connectivity index (χ4n) is 3.44. The fraction of sp³-hybridized carbons (Fsp3) is 0.368. The number of rotatable bonds is 3. The molecule has 0 aliphatic carbocycles. The van der Waals surface area contributed by atoms with Crippen LogP contribution in [0.25, 0.3) is 11.1 Å². The van der Waals surface area contributed by atoms with Crippen LogP contribution in [0.4, 0.5) is 10.1 Å². The average molecular weight is 341 g/mol. The second-order valence-corrected chi connectivity index (χ2v) is 6.56. The lowest BCUT2D eigenvalue weighted by atomic mass is 9.96. The molecule has 0 bridgehead atoms. The van der Waals surface area contributed by atoms with Crippen LogP contribution >= 0.6 is 0 Å². The van der Waals surface area contributed by atoms with Gasteiger partial charge in [0.2, 0.25) is 5.91 Å². The van der Waals surface area contributed by atoms with Gasteiger partial charge in [0.25, 0.3) is 0 Å². The van der Waals surface area contributed by atoms with Crippen molar-refractivity contribution in [1.29, 1.82) is 0 Å². The molecule has 6 heteroatoms. The van der Waals surface area contributed by atoms with Crippen LogP contribution in [0.5, 0.6) is 5.75 Å². The summed E-state index contributed by atoms with van der Waals surface area (Å²) in [6.45, 7) is 1.77. The summed E-state index contributed by atoms with van der Waals surface area (Å²) >= 11 is 0. The van der Waals surface area contributed by atoms with Gasteiger partial charge in [0.1, 0.15) is 17.7 Å². The van der Waals surface area contributed by atoms with Crippen molar-refractivity contribution >= 4 is 11.6 Å². The number of nitrogens with one attached hydrogen (secondary N) is 1. The summed E-state index contributed by atoms with van der Waals surface area (Å²) in [5.41, 5.74) is 2.80. The van der Waals surface area contributed by atoms with E-state index in [-0.39, 0.29) is 17.8 Å². The normalized spacial score (nSPS) is 19.8. The molecule has 1 unspecified atom stereocenters. The Morgan fingerprint density at radius 2 is 2.16 bits per heavy atom. The molecule has 0 spiro atoms. The quantitative estimate of drug-likeness (QED) is 0.932. The molecule has 2 aliphatic heterocycles. The molecule has 2 aliphatic rings. The highest BCUT2D eigenvalue weighted by molar-refractivity contribution is 5.96. The van der Waals surface area contributed by atoms with Gasteiger partial charge in [0.15, 0.2) is 0 Å². The van der Waals surface area contributed by atoms with Crippen molar-refractivity contribution < 1.29 is 13.9 Å². The Morgan fingerprint density at radius 1 is 1.28 bits per heavy atom. The Hall–Kier alpha value is -2.47. The smallest absolute Gasteiger partial charge is 0.227 e. The number of aromatic nitrogens is 1. The molecule has 1 atom stereocenters. The van der Waals surface area contributed by atoms with E-state index >= 15 is 0 Å². The topological polar surface area (TPSA) is 54.5 Å². The molecule has 0 saturated carbocycles. The summed E-state index contributed by atoms with van der Waals surface area (Å²) in [6, 6.07) is 5.09. The van der Waals surface area contributed by atoms with E-state index in [4.69, 9.17) is 4.74 Å². The number of carbonyl (C=O) groups is 1. The van der Waals surface area contributed by atoms with E-state index in [9.17, 15) is 9.18 Å². The van der Waals surface area contributed by atoms with E-state index in [1.165, 1.54) is 11.0 Å². The number of fused-ring (bicyclic) bond motifs is 1. The van der Waals surface area contributed by atoms with Crippen molar-refractivity contribution in [2.45, 2.75) is 25.4 Å². The van der Waals surface area contributed by atoms with Gasteiger partial charge in [-0.15, -0.1) is 0 Å². The van der Waals surface area contributed by atoms with Crippen molar-refractivity contribution in [2.75, 3.05) is 25.0 Å². The van der Waals surface area contributed by atoms with Gasteiger partial charge in [-0.2, -0.15) is 0 Å². The summed E-state index contributed by atoms with van der Waals surface area (Å²) in [7, 11) is 1.69. The first kappa shape index (κ1) is 16.0. The summed E-state index contributed by atoms with van der Waals surface area (Å²) in [4.78, 5) is 17.5. The zero-order valence-corrected chi connectivity index (χ0v) is 14.1. The number of pyridine rings is 1. The molecule has 1 aromatic heterocycles. The third-order valence-corrected chi connectivity index (χ3v) is 4.85. The lowest BCUT2D eigenvalue weighted by molar-refractivity contribution is -0.118. The average Bonchev–Trinajstić information content (AvgIpc) is 3.11. The Morgan fingerprint density at radius 3 is 2.96 bits per heavy atom. The number of carbonyl (C=O) groups excluding carboxylic acids is 1. The van der Waals surface area contributed by atoms with E-state index in [1.807, 2.05) is 12.1 Å². The maximum Gasteiger partial charge on any atom is 0.227 e. The van der Waals surface area contributed by atoms with Crippen LogP contribution in [0.2, 0.25) is 0 Å². The summed E-state index contributed by atoms with van der Waals surface area (Å²) in [5.74, 6) is 0.305. The highest BCUT2D eigenvalue weighted by atomic mass is 19.1. The van der Waals surface area contributed by atoms with E-state index in [0.717, 1.165) is 25.1 Å². The predicted octanol–water partition coefficient (Wildman–Crippen LogP) is 2.54. The van der Waals surface area contributed by atoms with E-state index in [1.54, 1.807) is 19.4 Å². The summed E-state index contributed by atoms with van der Waals surface area (Å²) in [6.07, 6.45) is 5.46. The summed E-state index contributed by atoms with van der Waals surface area (Å²) in [5, 5.41) is 3.25. The SMILES string of the molecule is CN1C(=O)CCc2cc(-c3cncc(OC4CCNC4)c3)c(F)cc21. The van der Waals surface area contributed by atoms with Gasteiger partial charge < -0.3 is 15.0 Å². The van der Waals surface area contributed by atoms with Crippen molar-refractivity contribution in [3.05, 3.63) is 42.0 Å². The molecule has 130 valence electrons. The number of nitrogens with zero attached hydrogens (tertiary/aromatic N) is 2. The number of halogens is 1. The minimum Gasteiger partial charge on any atom is -0.487 e. The second-order valence-electron chi connectivity index (χ2n) is 6.56. The van der Waals surface area contributed by atoms with Crippen LogP contribution in [-0.2, 0) is 11.2 Å². The van der Waals surface area contributed by atoms with Crippen LogP contribution in [0.3, 0.4) is 0 Å².